The van der Waals surface area contributed by atoms with Crippen LogP contribution in [0.2, 0.25) is 0 Å². The first kappa shape index (κ1) is 52.1. The van der Waals surface area contributed by atoms with Crippen molar-refractivity contribution in [3.05, 3.63) is 36.5 Å². The fourth-order valence-electron chi connectivity index (χ4n) is 6.72. The molecule has 2 atom stereocenters. The van der Waals surface area contributed by atoms with Gasteiger partial charge in [-0.25, -0.2) is 0 Å². The zero-order valence-electron chi connectivity index (χ0n) is 35.7. The molecule has 0 bridgehead atoms. The summed E-state index contributed by atoms with van der Waals surface area (Å²) in [4.78, 5) is 24.3. The highest BCUT2D eigenvalue weighted by Gasteiger charge is 2.18. The van der Waals surface area contributed by atoms with Gasteiger partial charge in [0, 0.05) is 12.8 Å². The number of amides is 1. The number of carbonyl (C=O) groups excluding carboxylic acids is 2. The molecular weight excluding hydrogens is 671 g/mol. The maximum Gasteiger partial charge on any atom is 0.305 e. The molecule has 0 fully saturated rings. The average molecular weight is 760 g/mol. The summed E-state index contributed by atoms with van der Waals surface area (Å²) in [6, 6.07) is -0.634. The van der Waals surface area contributed by atoms with E-state index in [1.165, 1.54) is 148 Å². The van der Waals surface area contributed by atoms with Crippen LogP contribution in [0.5, 0.6) is 0 Å². The van der Waals surface area contributed by atoms with E-state index in [1.807, 2.05) is 6.08 Å². The van der Waals surface area contributed by atoms with Crippen LogP contribution in [0.4, 0.5) is 0 Å². The van der Waals surface area contributed by atoms with Crippen LogP contribution >= 0.6 is 0 Å². The average Bonchev–Trinajstić information content (AvgIpc) is 3.17. The van der Waals surface area contributed by atoms with E-state index in [0.29, 0.717) is 19.4 Å². The summed E-state index contributed by atoms with van der Waals surface area (Å²) in [5, 5.41) is 22.8. The summed E-state index contributed by atoms with van der Waals surface area (Å²) < 4.78 is 5.43. The van der Waals surface area contributed by atoms with Crippen molar-refractivity contribution in [2.45, 2.75) is 244 Å². The van der Waals surface area contributed by atoms with Gasteiger partial charge in [-0.15, -0.1) is 0 Å². The molecule has 0 aliphatic heterocycles. The molecular formula is C48H89NO5. The quantitative estimate of drug-likeness (QED) is 0.0327. The van der Waals surface area contributed by atoms with E-state index in [1.54, 1.807) is 6.08 Å². The first-order valence-electron chi connectivity index (χ1n) is 23.3. The van der Waals surface area contributed by atoms with Gasteiger partial charge in [0.05, 0.1) is 25.4 Å². The highest BCUT2D eigenvalue weighted by Crippen LogP contribution is 2.13. The number of unbranched alkanes of at least 4 members (excludes halogenated alkanes) is 27. The van der Waals surface area contributed by atoms with Crippen molar-refractivity contribution in [1.82, 2.24) is 5.32 Å². The Hall–Kier alpha value is -1.92. The number of rotatable bonds is 42. The first-order valence-corrected chi connectivity index (χ1v) is 23.3. The smallest absolute Gasteiger partial charge is 0.305 e. The zero-order valence-corrected chi connectivity index (χ0v) is 35.7. The van der Waals surface area contributed by atoms with Crippen LogP contribution in [-0.4, -0.2) is 47.4 Å². The van der Waals surface area contributed by atoms with Gasteiger partial charge in [0.1, 0.15) is 0 Å². The predicted molar refractivity (Wildman–Crippen MR) is 232 cm³/mol. The SMILES string of the molecule is CCCC/C=C\CCCCCCCC(=O)OCCCCCCCC/C=C\CCCCCCCCCC(=O)NC(CO)C(O)/C=C/CCCCCCCCC. The van der Waals surface area contributed by atoms with Crippen LogP contribution in [0, 0.1) is 0 Å². The van der Waals surface area contributed by atoms with Crippen molar-refractivity contribution >= 4 is 11.9 Å². The van der Waals surface area contributed by atoms with Gasteiger partial charge in [0.15, 0.2) is 0 Å². The van der Waals surface area contributed by atoms with Crippen LogP contribution in [0.15, 0.2) is 36.5 Å². The minimum atomic E-state index is -0.850. The predicted octanol–water partition coefficient (Wildman–Crippen LogP) is 13.3. The number of allylic oxidation sites excluding steroid dienone is 5. The van der Waals surface area contributed by atoms with E-state index in [-0.39, 0.29) is 18.5 Å². The van der Waals surface area contributed by atoms with Crippen molar-refractivity contribution in [2.75, 3.05) is 13.2 Å². The number of nitrogens with one attached hydrogen (secondary N) is 1. The molecule has 6 nitrogen and oxygen atoms in total. The summed E-state index contributed by atoms with van der Waals surface area (Å²) in [5.74, 6) is -0.0998. The molecule has 316 valence electrons. The molecule has 0 saturated carbocycles. The van der Waals surface area contributed by atoms with Crippen molar-refractivity contribution in [3.8, 4) is 0 Å². The Labute approximate surface area is 334 Å². The highest BCUT2D eigenvalue weighted by molar-refractivity contribution is 5.76. The Morgan fingerprint density at radius 3 is 1.37 bits per heavy atom. The number of aliphatic hydroxyl groups is 2. The lowest BCUT2D eigenvalue weighted by Gasteiger charge is -2.20. The minimum Gasteiger partial charge on any atom is -0.466 e. The maximum absolute atomic E-state index is 12.3. The van der Waals surface area contributed by atoms with Gasteiger partial charge in [-0.1, -0.05) is 179 Å². The highest BCUT2D eigenvalue weighted by atomic mass is 16.5. The second kappa shape index (κ2) is 43.8. The Morgan fingerprint density at radius 1 is 0.500 bits per heavy atom. The molecule has 2 unspecified atom stereocenters. The number of hydrogen-bond acceptors (Lipinski definition) is 5. The molecule has 1 amide bonds. The molecule has 6 heteroatoms. The third kappa shape index (κ3) is 39.8. The first-order chi connectivity index (χ1) is 26.5. The van der Waals surface area contributed by atoms with Gasteiger partial charge >= 0.3 is 5.97 Å². The van der Waals surface area contributed by atoms with E-state index in [2.05, 4.69) is 43.5 Å². The summed E-state index contributed by atoms with van der Waals surface area (Å²) >= 11 is 0. The van der Waals surface area contributed by atoms with Crippen molar-refractivity contribution in [3.63, 3.8) is 0 Å². The summed E-state index contributed by atoms with van der Waals surface area (Å²) in [6.07, 6.45) is 51.4. The Balaban J connectivity index is 3.49. The summed E-state index contributed by atoms with van der Waals surface area (Å²) in [6.45, 7) is 4.79. The summed E-state index contributed by atoms with van der Waals surface area (Å²) in [5.41, 5.74) is 0. The van der Waals surface area contributed by atoms with Gasteiger partial charge in [-0.2, -0.15) is 0 Å². The van der Waals surface area contributed by atoms with Gasteiger partial charge in [0.2, 0.25) is 5.91 Å². The van der Waals surface area contributed by atoms with Crippen LogP contribution in [0.1, 0.15) is 232 Å². The van der Waals surface area contributed by atoms with E-state index >= 15 is 0 Å². The molecule has 0 heterocycles. The van der Waals surface area contributed by atoms with E-state index in [4.69, 9.17) is 4.74 Å². The number of esters is 1. The van der Waals surface area contributed by atoms with Gasteiger partial charge in [-0.3, -0.25) is 9.59 Å². The minimum absolute atomic E-state index is 0.0152. The molecule has 54 heavy (non-hydrogen) atoms. The van der Waals surface area contributed by atoms with Crippen LogP contribution < -0.4 is 5.32 Å². The maximum atomic E-state index is 12.3. The molecule has 0 aliphatic carbocycles. The molecule has 0 rings (SSSR count). The van der Waals surface area contributed by atoms with Gasteiger partial charge in [-0.05, 0) is 77.0 Å². The lowest BCUT2D eigenvalue weighted by molar-refractivity contribution is -0.143. The fourth-order valence-corrected chi connectivity index (χ4v) is 6.72. The Morgan fingerprint density at radius 2 is 0.889 bits per heavy atom. The number of carbonyl (C=O) groups is 2. The topological polar surface area (TPSA) is 95.9 Å². The fraction of sp³-hybridized carbons (Fsp3) is 0.833. The Kier molecular flexibility index (Phi) is 42.2. The standard InChI is InChI=1S/C48H89NO5/c1-3-5-7-9-11-13-21-26-30-34-38-42-48(53)54-43-39-35-31-27-23-20-18-16-14-15-17-19-22-25-29-33-37-41-47(52)49-45(44-50)46(51)40-36-32-28-24-12-10-8-6-4-2/h9,11,14,16,36,40,45-46,50-51H,3-8,10,12-13,15,17-35,37-39,41-44H2,1-2H3,(H,49,52)/b11-9-,16-14-,40-36+. The van der Waals surface area contributed by atoms with E-state index in [9.17, 15) is 19.8 Å². The van der Waals surface area contributed by atoms with Crippen molar-refractivity contribution in [2.24, 2.45) is 0 Å². The van der Waals surface area contributed by atoms with Crippen LogP contribution in [0.25, 0.3) is 0 Å². The van der Waals surface area contributed by atoms with Crippen LogP contribution in [0.3, 0.4) is 0 Å². The lowest BCUT2D eigenvalue weighted by Crippen LogP contribution is -2.45. The molecule has 0 aliphatic rings. The number of hydrogen-bond donors (Lipinski definition) is 3. The lowest BCUT2D eigenvalue weighted by atomic mass is 10.1. The zero-order chi connectivity index (χ0) is 39.4. The number of aliphatic hydroxyl groups excluding tert-OH is 2. The molecule has 0 saturated heterocycles. The third-order valence-electron chi connectivity index (χ3n) is 10.4. The second-order valence-corrected chi connectivity index (χ2v) is 15.7. The molecule has 0 spiro atoms. The molecule has 0 aromatic carbocycles. The third-order valence-corrected chi connectivity index (χ3v) is 10.4. The van der Waals surface area contributed by atoms with Crippen LogP contribution in [-0.2, 0) is 14.3 Å². The normalized spacial score (nSPS) is 13.0. The largest absolute Gasteiger partial charge is 0.466 e. The molecule has 0 aromatic heterocycles. The van der Waals surface area contributed by atoms with Gasteiger partial charge in [0.25, 0.3) is 0 Å². The van der Waals surface area contributed by atoms with Crippen molar-refractivity contribution in [1.29, 1.82) is 0 Å². The Bertz CT molecular complexity index is 884. The van der Waals surface area contributed by atoms with Crippen molar-refractivity contribution < 1.29 is 24.5 Å². The second-order valence-electron chi connectivity index (χ2n) is 15.7. The molecule has 0 radical (unpaired) electrons. The molecule has 0 aromatic rings. The summed E-state index contributed by atoms with van der Waals surface area (Å²) in [7, 11) is 0. The van der Waals surface area contributed by atoms with Gasteiger partial charge < -0.3 is 20.3 Å². The molecule has 3 N–H and O–H groups in total. The monoisotopic (exact) mass is 760 g/mol. The van der Waals surface area contributed by atoms with E-state index < -0.39 is 12.1 Å². The van der Waals surface area contributed by atoms with E-state index in [0.717, 1.165) is 57.8 Å². The number of ether oxygens (including phenoxy) is 1.